The Morgan fingerprint density at radius 1 is 1.21 bits per heavy atom. The van der Waals surface area contributed by atoms with Crippen LogP contribution in [0.3, 0.4) is 0 Å². The number of rotatable bonds is 3. The van der Waals surface area contributed by atoms with Crippen LogP contribution in [0.1, 0.15) is 5.69 Å². The number of halogens is 2. The van der Waals surface area contributed by atoms with Crippen molar-refractivity contribution in [3.63, 3.8) is 0 Å². The van der Waals surface area contributed by atoms with Crippen LogP contribution in [-0.4, -0.2) is 16.9 Å². The Hall–Kier alpha value is -1.21. The zero-order valence-electron chi connectivity index (χ0n) is 10.7. The maximum atomic E-state index is 5.94. The van der Waals surface area contributed by atoms with Crippen molar-refractivity contribution in [1.29, 1.82) is 0 Å². The number of anilines is 1. The minimum Gasteiger partial charge on any atom is -0.496 e. The molecule has 1 aromatic heterocycles. The van der Waals surface area contributed by atoms with Crippen molar-refractivity contribution >= 4 is 37.5 Å². The molecule has 102 valence electrons. The molecule has 0 bridgehead atoms. The number of aromatic nitrogens is 2. The molecule has 0 fully saturated rings. The van der Waals surface area contributed by atoms with Gasteiger partial charge in [-0.15, -0.1) is 0 Å². The molecule has 19 heavy (non-hydrogen) atoms. The summed E-state index contributed by atoms with van der Waals surface area (Å²) in [5.41, 5.74) is 7.20. The Morgan fingerprint density at radius 2 is 1.79 bits per heavy atom. The average Bonchev–Trinajstić information content (AvgIpc) is 2.60. The van der Waals surface area contributed by atoms with Gasteiger partial charge in [0.25, 0.3) is 0 Å². The number of benzene rings is 1. The van der Waals surface area contributed by atoms with Crippen molar-refractivity contribution < 1.29 is 9.47 Å². The maximum absolute atomic E-state index is 5.94. The normalized spacial score (nSPS) is 10.6. The van der Waals surface area contributed by atoms with E-state index >= 15 is 0 Å². The summed E-state index contributed by atoms with van der Waals surface area (Å²) >= 11 is 6.86. The average molecular weight is 391 g/mol. The molecule has 0 spiro atoms. The number of methoxy groups -OCH3 is 1. The van der Waals surface area contributed by atoms with Crippen LogP contribution in [0.15, 0.2) is 21.1 Å². The van der Waals surface area contributed by atoms with Crippen LogP contribution in [0, 0.1) is 6.92 Å². The van der Waals surface area contributed by atoms with E-state index in [4.69, 9.17) is 15.2 Å². The van der Waals surface area contributed by atoms with Crippen LogP contribution in [-0.2, 0) is 7.05 Å². The smallest absolute Gasteiger partial charge is 0.241 e. The van der Waals surface area contributed by atoms with E-state index in [0.717, 1.165) is 14.6 Å². The molecule has 0 radical (unpaired) electrons. The highest BCUT2D eigenvalue weighted by Gasteiger charge is 2.15. The summed E-state index contributed by atoms with van der Waals surface area (Å²) in [7, 11) is 3.39. The fourth-order valence-electron chi connectivity index (χ4n) is 1.62. The number of hydrogen-bond donors (Lipinski definition) is 1. The van der Waals surface area contributed by atoms with Gasteiger partial charge in [0, 0.05) is 7.05 Å². The number of nitrogens with zero attached hydrogens (tertiary/aromatic N) is 2. The first kappa shape index (κ1) is 14.2. The molecule has 0 amide bonds. The topological polar surface area (TPSA) is 62.3 Å². The van der Waals surface area contributed by atoms with Gasteiger partial charge in [-0.25, -0.2) is 4.68 Å². The molecule has 1 aromatic carbocycles. The van der Waals surface area contributed by atoms with Crippen LogP contribution in [0.4, 0.5) is 5.69 Å². The highest BCUT2D eigenvalue weighted by Crippen LogP contribution is 2.39. The highest BCUT2D eigenvalue weighted by molar-refractivity contribution is 9.11. The largest absolute Gasteiger partial charge is 0.496 e. The van der Waals surface area contributed by atoms with E-state index in [9.17, 15) is 0 Å². The number of nitrogen functional groups attached to an aromatic ring is 1. The van der Waals surface area contributed by atoms with E-state index in [1.807, 2.05) is 19.1 Å². The lowest BCUT2D eigenvalue weighted by Gasteiger charge is -2.11. The molecule has 0 aliphatic carbocycles. The summed E-state index contributed by atoms with van der Waals surface area (Å²) in [5.74, 6) is 1.85. The zero-order valence-corrected chi connectivity index (χ0v) is 13.9. The molecule has 2 aromatic rings. The molecule has 0 unspecified atom stereocenters. The lowest BCUT2D eigenvalue weighted by atomic mass is 10.3. The Labute approximate surface area is 127 Å². The van der Waals surface area contributed by atoms with E-state index in [1.54, 1.807) is 18.8 Å². The summed E-state index contributed by atoms with van der Waals surface area (Å²) in [6, 6.07) is 3.63. The van der Waals surface area contributed by atoms with Gasteiger partial charge >= 0.3 is 0 Å². The second kappa shape index (κ2) is 5.42. The minimum absolute atomic E-state index is 0.510. The first-order chi connectivity index (χ1) is 8.93. The fourth-order valence-corrected chi connectivity index (χ4v) is 2.51. The second-order valence-corrected chi connectivity index (χ2v) is 5.66. The minimum atomic E-state index is 0.510. The number of ether oxygens (including phenoxy) is 2. The lowest BCUT2D eigenvalue weighted by Crippen LogP contribution is -1.98. The zero-order chi connectivity index (χ0) is 14.2. The van der Waals surface area contributed by atoms with Crippen molar-refractivity contribution in [3.8, 4) is 17.4 Å². The summed E-state index contributed by atoms with van der Waals surface area (Å²) in [5, 5.41) is 4.21. The van der Waals surface area contributed by atoms with Crippen molar-refractivity contribution in [1.82, 2.24) is 9.78 Å². The van der Waals surface area contributed by atoms with Gasteiger partial charge in [0.15, 0.2) is 0 Å². The van der Waals surface area contributed by atoms with Gasteiger partial charge in [-0.2, -0.15) is 5.10 Å². The molecule has 7 heteroatoms. The van der Waals surface area contributed by atoms with Crippen molar-refractivity contribution in [2.75, 3.05) is 12.8 Å². The van der Waals surface area contributed by atoms with Crippen molar-refractivity contribution in [2.24, 2.45) is 7.05 Å². The third-order valence-electron chi connectivity index (χ3n) is 2.63. The highest BCUT2D eigenvalue weighted by atomic mass is 79.9. The Bertz CT molecular complexity index is 626. The molecule has 0 saturated carbocycles. The first-order valence-electron chi connectivity index (χ1n) is 5.44. The summed E-state index contributed by atoms with van der Waals surface area (Å²) in [6.07, 6.45) is 0. The van der Waals surface area contributed by atoms with Crippen molar-refractivity contribution in [2.45, 2.75) is 6.92 Å². The van der Waals surface area contributed by atoms with Crippen LogP contribution in [0.2, 0.25) is 0 Å². The summed E-state index contributed by atoms with van der Waals surface area (Å²) in [6.45, 7) is 1.83. The monoisotopic (exact) mass is 389 g/mol. The predicted octanol–water partition coefficient (Wildman–Crippen LogP) is 3.64. The first-order valence-corrected chi connectivity index (χ1v) is 7.02. The fraction of sp³-hybridized carbons (Fsp3) is 0.250. The van der Waals surface area contributed by atoms with Gasteiger partial charge in [0.1, 0.15) is 17.2 Å². The van der Waals surface area contributed by atoms with Gasteiger partial charge < -0.3 is 15.2 Å². The van der Waals surface area contributed by atoms with E-state index in [-0.39, 0.29) is 0 Å². The van der Waals surface area contributed by atoms with Gasteiger partial charge in [-0.05, 0) is 50.9 Å². The van der Waals surface area contributed by atoms with E-state index in [0.29, 0.717) is 23.1 Å². The molecule has 2 N–H and O–H groups in total. The van der Waals surface area contributed by atoms with E-state index in [1.165, 1.54) is 0 Å². The molecule has 0 aliphatic rings. The number of aryl methyl sites for hydroxylation is 2. The van der Waals surface area contributed by atoms with Crippen molar-refractivity contribution in [3.05, 3.63) is 26.8 Å². The SMILES string of the molecule is COc1cc(Br)c(Oc2c(N)c(C)nn2C)cc1Br. The third kappa shape index (κ3) is 2.71. The molecule has 2 rings (SSSR count). The standard InChI is InChI=1S/C12H13Br2N3O2/c1-6-11(15)12(17(2)16-6)19-10-5-7(13)9(18-3)4-8(10)14/h4-5H,15H2,1-3H3. The Kier molecular flexibility index (Phi) is 4.05. The molecular weight excluding hydrogens is 378 g/mol. The van der Waals surface area contributed by atoms with Crippen LogP contribution >= 0.6 is 31.9 Å². The van der Waals surface area contributed by atoms with Gasteiger partial charge in [-0.3, -0.25) is 0 Å². The third-order valence-corrected chi connectivity index (χ3v) is 3.87. The molecular formula is C12H13Br2N3O2. The summed E-state index contributed by atoms with van der Waals surface area (Å²) in [4.78, 5) is 0. The summed E-state index contributed by atoms with van der Waals surface area (Å²) < 4.78 is 14.2. The van der Waals surface area contributed by atoms with Gasteiger partial charge in [0.2, 0.25) is 5.88 Å². The quantitative estimate of drug-likeness (QED) is 0.868. The molecule has 0 aliphatic heterocycles. The van der Waals surface area contributed by atoms with Crippen LogP contribution in [0.25, 0.3) is 0 Å². The number of nitrogens with two attached hydrogens (primary N) is 1. The second-order valence-electron chi connectivity index (χ2n) is 3.95. The van der Waals surface area contributed by atoms with Gasteiger partial charge in [0.05, 0.1) is 21.7 Å². The Balaban J connectivity index is 2.41. The van der Waals surface area contributed by atoms with Crippen LogP contribution < -0.4 is 15.2 Å². The Morgan fingerprint density at radius 3 is 2.32 bits per heavy atom. The molecule has 1 heterocycles. The number of hydrogen-bond acceptors (Lipinski definition) is 4. The van der Waals surface area contributed by atoms with E-state index in [2.05, 4.69) is 37.0 Å². The maximum Gasteiger partial charge on any atom is 0.241 e. The van der Waals surface area contributed by atoms with E-state index < -0.39 is 0 Å². The molecule has 0 saturated heterocycles. The lowest BCUT2D eigenvalue weighted by molar-refractivity contribution is 0.405. The predicted molar refractivity (Wildman–Crippen MR) is 80.8 cm³/mol. The van der Waals surface area contributed by atoms with Gasteiger partial charge in [-0.1, -0.05) is 0 Å². The molecule has 5 nitrogen and oxygen atoms in total. The molecule has 0 atom stereocenters. The van der Waals surface area contributed by atoms with Crippen LogP contribution in [0.5, 0.6) is 17.4 Å².